The molecule has 36 heavy (non-hydrogen) atoms. The van der Waals surface area contributed by atoms with E-state index in [0.29, 0.717) is 41.3 Å². The molecule has 0 amide bonds. The smallest absolute Gasteiger partial charge is 1.00 e. The first-order chi connectivity index (χ1) is 16.1. The summed E-state index contributed by atoms with van der Waals surface area (Å²) >= 11 is 0. The van der Waals surface area contributed by atoms with Crippen LogP contribution in [0.15, 0.2) is 24.5 Å². The molecule has 1 aromatic heterocycles. The fourth-order valence-corrected chi connectivity index (χ4v) is 8.24. The number of halogens is 4. The fraction of sp³-hybridized carbons (Fsp3) is 0.793. The van der Waals surface area contributed by atoms with E-state index in [4.69, 9.17) is 0 Å². The second kappa shape index (κ2) is 14.3. The third kappa shape index (κ3) is 7.49. The number of fused-ring (bicyclic) bond motifs is 5. The van der Waals surface area contributed by atoms with E-state index >= 15 is 0 Å². The van der Waals surface area contributed by atoms with Crippen LogP contribution >= 0.6 is 0 Å². The minimum Gasteiger partial charge on any atom is -1.00 e. The van der Waals surface area contributed by atoms with Crippen LogP contribution < -0.4 is 17.0 Å². The molecule has 4 aliphatic rings. The monoisotopic (exact) mass is 581 g/mol. The Morgan fingerprint density at radius 1 is 1.03 bits per heavy atom. The number of alkyl halides is 3. The maximum atomic E-state index is 12.8. The largest absolute Gasteiger partial charge is 2.00 e. The Morgan fingerprint density at radius 3 is 2.28 bits per heavy atom. The number of carbonyl (C=O) groups excluding carboxylic acids is 1. The Balaban J connectivity index is 0.000000563. The average Bonchev–Trinajstić information content (AvgIpc) is 3.17. The van der Waals surface area contributed by atoms with Crippen LogP contribution in [0.25, 0.3) is 0 Å². The van der Waals surface area contributed by atoms with Crippen LogP contribution in [-0.4, -0.2) is 40.0 Å². The number of aromatic nitrogens is 1. The molecule has 0 aromatic carbocycles. The SMILES string of the molecule is CC.C[C@]12CCC3[C@@H](CC[C@@H]4CC(=O)CC[C@]34C)C1CCC2CCC(F)(F)F.[Br-].[Mg+2].[c-]1cccnc1. The standard InChI is InChI=1S/C22H33F3O.C5H4N.C2H6.BrH.Mg/c1-20-11-9-19-17(5-3-15-13-16(26)8-10-21(15,19)2)18(20)6-4-14(20)7-12-22(23,24)25;1-2-4-6-5-3-1;1-2;;/h14-15,17-19H,3-13H2,1-2H3;1-2,4-5H;1-2H3;1H;/q;-1;;;+2/p-1/t14?,15-,17+,18?,19?,20-,21+;;;;/m1..../s1. The first kappa shape index (κ1) is 33.9. The van der Waals surface area contributed by atoms with Crippen LogP contribution in [0.2, 0.25) is 0 Å². The summed E-state index contributed by atoms with van der Waals surface area (Å²) < 4.78 is 38.3. The molecular weight excluding hydrogens is 540 g/mol. The van der Waals surface area contributed by atoms with Crippen molar-refractivity contribution < 1.29 is 34.9 Å². The summed E-state index contributed by atoms with van der Waals surface area (Å²) in [5, 5.41) is 0. The van der Waals surface area contributed by atoms with Crippen LogP contribution in [-0.2, 0) is 4.79 Å². The van der Waals surface area contributed by atoms with Crippen LogP contribution in [0.5, 0.6) is 0 Å². The molecule has 200 valence electrons. The fourth-order valence-electron chi connectivity index (χ4n) is 8.24. The molecule has 0 aliphatic heterocycles. The normalized spacial score (nSPS) is 36.6. The molecule has 5 rings (SSSR count). The van der Waals surface area contributed by atoms with Crippen LogP contribution in [0.1, 0.15) is 98.3 Å². The zero-order valence-corrected chi connectivity index (χ0v) is 25.5. The van der Waals surface area contributed by atoms with Crippen LogP contribution in [0.4, 0.5) is 13.2 Å². The van der Waals surface area contributed by atoms with Crippen molar-refractivity contribution in [3.8, 4) is 0 Å². The van der Waals surface area contributed by atoms with Crippen LogP contribution in [0.3, 0.4) is 0 Å². The Hall–Kier alpha value is -0.144. The van der Waals surface area contributed by atoms with Crippen molar-refractivity contribution in [1.82, 2.24) is 4.98 Å². The molecule has 7 heteroatoms. The summed E-state index contributed by atoms with van der Waals surface area (Å²) in [6.07, 6.45) is 8.31. The van der Waals surface area contributed by atoms with Gasteiger partial charge in [-0.2, -0.15) is 19.2 Å². The van der Waals surface area contributed by atoms with Crippen molar-refractivity contribution in [3.63, 3.8) is 0 Å². The number of rotatable bonds is 2. The minimum absolute atomic E-state index is 0. The molecule has 3 unspecified atom stereocenters. The summed E-state index contributed by atoms with van der Waals surface area (Å²) in [5.74, 6) is 3.22. The number of ketones is 1. The Bertz CT molecular complexity index is 768. The van der Waals surface area contributed by atoms with Gasteiger partial charge in [0.1, 0.15) is 5.78 Å². The number of Topliss-reactive ketones (excluding diaryl/α,β-unsaturated/α-hetero) is 1. The number of hydrogen-bond donors (Lipinski definition) is 0. The average molecular weight is 583 g/mol. The molecule has 0 N–H and O–H groups in total. The van der Waals surface area contributed by atoms with E-state index in [0.717, 1.165) is 44.9 Å². The van der Waals surface area contributed by atoms with Gasteiger partial charge >= 0.3 is 29.2 Å². The summed E-state index contributed by atoms with van der Waals surface area (Å²) in [6, 6.07) is 6.43. The number of carbonyl (C=O) groups is 1. The molecule has 4 saturated carbocycles. The molecule has 0 spiro atoms. The minimum atomic E-state index is -4.02. The predicted molar refractivity (Wildman–Crippen MR) is 136 cm³/mol. The summed E-state index contributed by atoms with van der Waals surface area (Å²) in [7, 11) is 0. The van der Waals surface area contributed by atoms with Gasteiger partial charge in [-0.25, -0.2) is 12.1 Å². The van der Waals surface area contributed by atoms with E-state index in [1.165, 1.54) is 12.8 Å². The van der Waals surface area contributed by atoms with E-state index in [-0.39, 0.29) is 51.4 Å². The van der Waals surface area contributed by atoms with Gasteiger partial charge in [0.2, 0.25) is 0 Å². The zero-order valence-electron chi connectivity index (χ0n) is 22.5. The van der Waals surface area contributed by atoms with Crippen molar-refractivity contribution >= 4 is 28.8 Å². The first-order valence-corrected chi connectivity index (χ1v) is 13.5. The maximum Gasteiger partial charge on any atom is 2.00 e. The molecule has 0 bridgehead atoms. The summed E-state index contributed by atoms with van der Waals surface area (Å²) in [5.41, 5.74) is 0.405. The quantitative estimate of drug-likeness (QED) is 0.359. The van der Waals surface area contributed by atoms with Gasteiger partial charge < -0.3 is 22.0 Å². The molecule has 1 heterocycles. The van der Waals surface area contributed by atoms with E-state index in [1.54, 1.807) is 12.4 Å². The second-order valence-corrected chi connectivity index (χ2v) is 11.3. The van der Waals surface area contributed by atoms with Crippen LogP contribution in [0, 0.1) is 46.5 Å². The third-order valence-corrected chi connectivity index (χ3v) is 9.97. The second-order valence-electron chi connectivity index (χ2n) is 11.3. The van der Waals surface area contributed by atoms with Gasteiger partial charge in [-0.15, -0.1) is 0 Å². The van der Waals surface area contributed by atoms with Gasteiger partial charge in [0.05, 0.1) is 0 Å². The zero-order chi connectivity index (χ0) is 25.0. The number of hydrogen-bond acceptors (Lipinski definition) is 2. The number of nitrogens with zero attached hydrogens (tertiary/aromatic N) is 1. The molecule has 7 atom stereocenters. The Labute approximate surface area is 243 Å². The van der Waals surface area contributed by atoms with E-state index in [2.05, 4.69) is 24.9 Å². The van der Waals surface area contributed by atoms with Gasteiger partial charge in [-0.1, -0.05) is 40.1 Å². The Kier molecular flexibility index (Phi) is 13.5. The molecule has 2 nitrogen and oxygen atoms in total. The van der Waals surface area contributed by atoms with E-state index in [9.17, 15) is 18.0 Å². The molecule has 4 fully saturated rings. The van der Waals surface area contributed by atoms with Gasteiger partial charge in [0.15, 0.2) is 0 Å². The van der Waals surface area contributed by atoms with Crippen molar-refractivity contribution in [2.75, 3.05) is 0 Å². The van der Waals surface area contributed by atoms with Crippen molar-refractivity contribution in [3.05, 3.63) is 30.6 Å². The van der Waals surface area contributed by atoms with E-state index < -0.39 is 12.6 Å². The predicted octanol–water partition coefficient (Wildman–Crippen LogP) is 5.09. The molecule has 4 aliphatic carbocycles. The van der Waals surface area contributed by atoms with Gasteiger partial charge in [-0.05, 0) is 91.8 Å². The van der Waals surface area contributed by atoms with Gasteiger partial charge in [0, 0.05) is 19.3 Å². The summed E-state index contributed by atoms with van der Waals surface area (Å²) in [4.78, 5) is 15.7. The molecule has 0 saturated heterocycles. The van der Waals surface area contributed by atoms with Crippen molar-refractivity contribution in [2.45, 2.75) is 105 Å². The van der Waals surface area contributed by atoms with Crippen molar-refractivity contribution in [1.29, 1.82) is 0 Å². The van der Waals surface area contributed by atoms with Crippen molar-refractivity contribution in [2.24, 2.45) is 40.4 Å². The molecule has 0 radical (unpaired) electrons. The van der Waals surface area contributed by atoms with Gasteiger partial charge in [-0.3, -0.25) is 4.79 Å². The van der Waals surface area contributed by atoms with Gasteiger partial charge in [0.25, 0.3) is 0 Å². The summed E-state index contributed by atoms with van der Waals surface area (Å²) in [6.45, 7) is 8.74. The maximum absolute atomic E-state index is 12.8. The molecule has 1 aromatic rings. The third-order valence-electron chi connectivity index (χ3n) is 9.97. The number of pyridine rings is 1. The topological polar surface area (TPSA) is 30.0 Å². The first-order valence-electron chi connectivity index (χ1n) is 13.5. The molecular formula is C29H43BrF3MgNO. The van der Waals surface area contributed by atoms with E-state index in [1.807, 2.05) is 26.0 Å². The Morgan fingerprint density at radius 2 is 1.72 bits per heavy atom.